The third-order valence-electron chi connectivity index (χ3n) is 9.74. The first-order chi connectivity index (χ1) is 22.1. The summed E-state index contributed by atoms with van der Waals surface area (Å²) in [5.41, 5.74) is 17.3. The van der Waals surface area contributed by atoms with Crippen molar-refractivity contribution in [3.05, 3.63) is 68.8 Å². The Morgan fingerprint density at radius 2 is 1.33 bits per heavy atom. The Morgan fingerprint density at radius 1 is 0.783 bits per heavy atom. The van der Waals surface area contributed by atoms with Crippen LogP contribution in [0.3, 0.4) is 0 Å². The number of fused-ring (bicyclic) bond motifs is 8. The number of hydrogen-bond donors (Lipinski definition) is 2. The number of nitrogens with zero attached hydrogens (tertiary/aromatic N) is 2. The Kier molecular flexibility index (Phi) is 8.70. The van der Waals surface area contributed by atoms with Gasteiger partial charge in [0.15, 0.2) is 0 Å². The summed E-state index contributed by atoms with van der Waals surface area (Å²) in [5, 5.41) is 0. The molecule has 0 saturated heterocycles. The average molecular weight is 623 g/mol. The first-order valence-corrected chi connectivity index (χ1v) is 16.0. The highest BCUT2D eigenvalue weighted by Crippen LogP contribution is 2.41. The molecule has 3 aliphatic rings. The molecule has 0 atom stereocenters. The molecule has 3 aromatic heterocycles. The number of H-pyrrole nitrogens is 2. The molecule has 3 aromatic rings. The number of methoxy groups -OCH3 is 2. The number of carbonyl (C=O) groups excluding carboxylic acids is 2. The van der Waals surface area contributed by atoms with Gasteiger partial charge in [-0.1, -0.05) is 6.92 Å². The number of aryl methyl sites for hydroxylation is 4. The van der Waals surface area contributed by atoms with Crippen LogP contribution in [0.15, 0.2) is 18.2 Å². The van der Waals surface area contributed by atoms with Crippen molar-refractivity contribution in [3.63, 3.8) is 0 Å². The fraction of sp³-hybridized carbons (Fsp3) is 0.405. The molecule has 240 valence electrons. The summed E-state index contributed by atoms with van der Waals surface area (Å²) in [4.78, 5) is 42.3. The van der Waals surface area contributed by atoms with Crippen LogP contribution in [0.4, 0.5) is 0 Å². The lowest BCUT2D eigenvalue weighted by atomic mass is 9.96. The van der Waals surface area contributed by atoms with Gasteiger partial charge >= 0.3 is 11.9 Å². The monoisotopic (exact) mass is 622 g/mol. The molecule has 8 bridgehead atoms. The molecule has 6 heterocycles. The molecular formula is C37H42N4O5. The van der Waals surface area contributed by atoms with Crippen molar-refractivity contribution in [2.24, 2.45) is 0 Å². The van der Waals surface area contributed by atoms with Crippen LogP contribution in [0.25, 0.3) is 44.4 Å². The van der Waals surface area contributed by atoms with E-state index in [0.29, 0.717) is 26.1 Å². The minimum atomic E-state index is -0.258. The van der Waals surface area contributed by atoms with E-state index >= 15 is 0 Å². The van der Waals surface area contributed by atoms with Crippen LogP contribution in [0.1, 0.15) is 97.0 Å². The molecule has 0 fully saturated rings. The summed E-state index contributed by atoms with van der Waals surface area (Å²) in [6, 6.07) is 6.33. The molecule has 0 amide bonds. The second kappa shape index (κ2) is 12.7. The van der Waals surface area contributed by atoms with Gasteiger partial charge in [0.1, 0.15) is 0 Å². The van der Waals surface area contributed by atoms with E-state index in [1.165, 1.54) is 25.4 Å². The first kappa shape index (κ1) is 31.5. The molecule has 9 heteroatoms. The standard InChI is InChI=1S/C37H42N4O5/c1-8-23-19(2)30-15-28-20(3)24(9-11-34(42)44-6)32(38-28)17-33-25(10-12-35(43)45-7)21(4)29(39-33)16-31-22(5)26-13-14-46-18-27(36(23)40-30)37(26)41-31/h15-17,38-39H,8-14,18H2,1-7H3. The summed E-state index contributed by atoms with van der Waals surface area (Å²) >= 11 is 0. The molecule has 0 saturated carbocycles. The highest BCUT2D eigenvalue weighted by atomic mass is 16.5. The van der Waals surface area contributed by atoms with Crippen LogP contribution in [0.2, 0.25) is 0 Å². The molecular weight excluding hydrogens is 580 g/mol. The minimum absolute atomic E-state index is 0.257. The SMILES string of the molecule is CCC1=C(C)c2cc3[nH]c(cc4[nH]c(cc5nc6c(c1n2)COCCC6=C5C)c(C)c4CCC(=O)OC)c(CCC(=O)OC)c3C. The molecule has 2 N–H and O–H groups in total. The summed E-state index contributed by atoms with van der Waals surface area (Å²) in [6.45, 7) is 11.7. The molecule has 0 unspecified atom stereocenters. The molecule has 0 radical (unpaired) electrons. The van der Waals surface area contributed by atoms with E-state index in [9.17, 15) is 9.59 Å². The number of ether oxygens (including phenoxy) is 3. The normalized spacial score (nSPS) is 14.5. The van der Waals surface area contributed by atoms with Crippen molar-refractivity contribution in [2.45, 2.75) is 79.8 Å². The zero-order chi connectivity index (χ0) is 32.7. The van der Waals surface area contributed by atoms with E-state index in [0.717, 1.165) is 96.6 Å². The summed E-state index contributed by atoms with van der Waals surface area (Å²) in [6.07, 6.45) is 3.18. The van der Waals surface area contributed by atoms with Gasteiger partial charge in [0.05, 0.1) is 50.2 Å². The number of hydrogen-bond acceptors (Lipinski definition) is 7. The van der Waals surface area contributed by atoms with E-state index in [1.807, 2.05) is 0 Å². The van der Waals surface area contributed by atoms with Crippen molar-refractivity contribution in [3.8, 4) is 0 Å². The third-order valence-corrected chi connectivity index (χ3v) is 9.74. The van der Waals surface area contributed by atoms with Gasteiger partial charge in [0.2, 0.25) is 0 Å². The van der Waals surface area contributed by atoms with Crippen molar-refractivity contribution in [2.75, 3.05) is 20.8 Å². The number of rotatable bonds is 7. The maximum atomic E-state index is 12.2. The zero-order valence-corrected chi connectivity index (χ0v) is 27.8. The van der Waals surface area contributed by atoms with Crippen molar-refractivity contribution >= 4 is 56.3 Å². The number of esters is 2. The lowest BCUT2D eigenvalue weighted by molar-refractivity contribution is -0.141. The second-order valence-corrected chi connectivity index (χ2v) is 12.2. The molecule has 46 heavy (non-hydrogen) atoms. The van der Waals surface area contributed by atoms with E-state index in [1.54, 1.807) is 0 Å². The number of nitrogens with one attached hydrogen (secondary N) is 2. The fourth-order valence-electron chi connectivity index (χ4n) is 6.94. The van der Waals surface area contributed by atoms with Gasteiger partial charge in [-0.3, -0.25) is 9.59 Å². The number of allylic oxidation sites excluding steroid dienone is 3. The number of carbonyl (C=O) groups is 2. The largest absolute Gasteiger partial charge is 0.469 e. The summed E-state index contributed by atoms with van der Waals surface area (Å²) in [7, 11) is 2.83. The lowest BCUT2D eigenvalue weighted by Crippen LogP contribution is -2.02. The van der Waals surface area contributed by atoms with Crippen molar-refractivity contribution in [1.82, 2.24) is 19.9 Å². The van der Waals surface area contributed by atoms with Gasteiger partial charge in [-0.25, -0.2) is 9.97 Å². The van der Waals surface area contributed by atoms with Crippen LogP contribution in [-0.2, 0) is 43.2 Å². The molecule has 3 aliphatic heterocycles. The maximum absolute atomic E-state index is 12.2. The smallest absolute Gasteiger partial charge is 0.305 e. The summed E-state index contributed by atoms with van der Waals surface area (Å²) in [5.74, 6) is -0.515. The predicted octanol–water partition coefficient (Wildman–Crippen LogP) is 7.33. The molecule has 9 nitrogen and oxygen atoms in total. The van der Waals surface area contributed by atoms with Crippen LogP contribution in [0, 0.1) is 13.8 Å². The fourth-order valence-corrected chi connectivity index (χ4v) is 6.94. The molecule has 0 spiro atoms. The lowest BCUT2D eigenvalue weighted by Gasteiger charge is -2.07. The zero-order valence-electron chi connectivity index (χ0n) is 27.8. The third kappa shape index (κ3) is 5.57. The molecule has 6 rings (SSSR count). The van der Waals surface area contributed by atoms with Gasteiger partial charge in [-0.05, 0) is 116 Å². The van der Waals surface area contributed by atoms with Gasteiger partial charge < -0.3 is 24.2 Å². The number of aromatic nitrogens is 4. The minimum Gasteiger partial charge on any atom is -0.469 e. The quantitative estimate of drug-likeness (QED) is 0.265. The van der Waals surface area contributed by atoms with Crippen molar-refractivity contribution < 1.29 is 23.8 Å². The summed E-state index contributed by atoms with van der Waals surface area (Å²) < 4.78 is 16.1. The Balaban J connectivity index is 1.74. The van der Waals surface area contributed by atoms with E-state index in [-0.39, 0.29) is 24.8 Å². The first-order valence-electron chi connectivity index (χ1n) is 16.0. The Morgan fingerprint density at radius 3 is 1.87 bits per heavy atom. The van der Waals surface area contributed by atoms with Crippen LogP contribution < -0.4 is 0 Å². The number of aromatic amines is 2. The highest BCUT2D eigenvalue weighted by molar-refractivity contribution is 5.97. The van der Waals surface area contributed by atoms with Crippen LogP contribution in [0.5, 0.6) is 0 Å². The van der Waals surface area contributed by atoms with E-state index in [4.69, 9.17) is 24.2 Å². The van der Waals surface area contributed by atoms with Gasteiger partial charge in [-0.15, -0.1) is 0 Å². The topological polar surface area (TPSA) is 119 Å². The molecule has 0 aromatic carbocycles. The van der Waals surface area contributed by atoms with Gasteiger partial charge in [0.25, 0.3) is 0 Å². The Bertz CT molecular complexity index is 1990. The maximum Gasteiger partial charge on any atom is 0.305 e. The van der Waals surface area contributed by atoms with Crippen molar-refractivity contribution in [1.29, 1.82) is 0 Å². The van der Waals surface area contributed by atoms with Gasteiger partial charge in [0, 0.05) is 40.5 Å². The van der Waals surface area contributed by atoms with E-state index < -0.39 is 0 Å². The van der Waals surface area contributed by atoms with Gasteiger partial charge in [-0.2, -0.15) is 0 Å². The highest BCUT2D eigenvalue weighted by Gasteiger charge is 2.28. The predicted molar refractivity (Wildman–Crippen MR) is 181 cm³/mol. The van der Waals surface area contributed by atoms with E-state index in [2.05, 4.69) is 62.8 Å². The second-order valence-electron chi connectivity index (χ2n) is 12.2. The molecule has 0 aliphatic carbocycles. The Labute approximate surface area is 269 Å². The van der Waals surface area contributed by atoms with Crippen LogP contribution in [-0.4, -0.2) is 52.7 Å². The average Bonchev–Trinajstić information content (AvgIpc) is 3.66. The van der Waals surface area contributed by atoms with Crippen LogP contribution >= 0.6 is 0 Å². The Hall–Kier alpha value is -4.50.